The summed E-state index contributed by atoms with van der Waals surface area (Å²) in [6.45, 7) is 3.19. The Kier molecular flexibility index (Phi) is 4.53. The Morgan fingerprint density at radius 1 is 1.36 bits per heavy atom. The fraction of sp³-hybridized carbons (Fsp3) is 0.500. The number of aromatic nitrogens is 1. The molecule has 2 aromatic rings. The van der Waals surface area contributed by atoms with Crippen molar-refractivity contribution < 1.29 is 19.0 Å². The zero-order chi connectivity index (χ0) is 20.2. The number of fused-ring (bicyclic) bond motifs is 1. The first-order valence-electron chi connectivity index (χ1n) is 9.51. The van der Waals surface area contributed by atoms with Gasteiger partial charge in [0.05, 0.1) is 18.0 Å². The van der Waals surface area contributed by atoms with E-state index < -0.39 is 17.2 Å². The molecule has 1 saturated carbocycles. The molecule has 1 aliphatic carbocycles. The summed E-state index contributed by atoms with van der Waals surface area (Å²) in [5.41, 5.74) is 5.82. The summed E-state index contributed by atoms with van der Waals surface area (Å²) in [7, 11) is 1.44. The molecule has 1 saturated heterocycles. The summed E-state index contributed by atoms with van der Waals surface area (Å²) in [6, 6.07) is 1.14. The number of halogens is 1. The van der Waals surface area contributed by atoms with E-state index in [4.69, 9.17) is 10.5 Å². The van der Waals surface area contributed by atoms with Gasteiger partial charge in [-0.2, -0.15) is 0 Å². The summed E-state index contributed by atoms with van der Waals surface area (Å²) in [6.07, 6.45) is 3.97. The summed E-state index contributed by atoms with van der Waals surface area (Å²) in [4.78, 5) is 26.1. The zero-order valence-electron chi connectivity index (χ0n) is 15.9. The molecule has 0 radical (unpaired) electrons. The number of benzene rings is 1. The van der Waals surface area contributed by atoms with Gasteiger partial charge in [-0.25, -0.2) is 9.18 Å². The summed E-state index contributed by atoms with van der Waals surface area (Å²) < 4.78 is 22.6. The van der Waals surface area contributed by atoms with Crippen molar-refractivity contribution >= 4 is 22.6 Å². The lowest BCUT2D eigenvalue weighted by Crippen LogP contribution is -2.46. The van der Waals surface area contributed by atoms with Crippen LogP contribution in [0.3, 0.4) is 0 Å². The number of ether oxygens (including phenoxy) is 1. The molecular weight excluding hydrogens is 365 g/mol. The minimum absolute atomic E-state index is 0.0271. The molecule has 2 aliphatic rings. The van der Waals surface area contributed by atoms with E-state index in [-0.39, 0.29) is 34.5 Å². The summed E-state index contributed by atoms with van der Waals surface area (Å²) in [5.74, 6) is -1.37. The maximum absolute atomic E-state index is 15.2. The van der Waals surface area contributed by atoms with E-state index in [1.54, 1.807) is 4.57 Å². The summed E-state index contributed by atoms with van der Waals surface area (Å²) in [5, 5.41) is 9.43. The van der Waals surface area contributed by atoms with Crippen LogP contribution in [0.15, 0.2) is 17.1 Å². The predicted octanol–water partition coefficient (Wildman–Crippen LogP) is 2.36. The van der Waals surface area contributed by atoms with Gasteiger partial charge >= 0.3 is 5.97 Å². The topological polar surface area (TPSA) is 97.8 Å². The van der Waals surface area contributed by atoms with Crippen LogP contribution in [0, 0.1) is 11.7 Å². The third kappa shape index (κ3) is 3.01. The number of carboxylic acids is 1. The van der Waals surface area contributed by atoms with Crippen LogP contribution in [0.4, 0.5) is 10.1 Å². The van der Waals surface area contributed by atoms with Crippen molar-refractivity contribution in [2.75, 3.05) is 25.1 Å². The number of nitrogens with zero attached hydrogens (tertiary/aromatic N) is 2. The Bertz CT molecular complexity index is 1000. The van der Waals surface area contributed by atoms with Crippen molar-refractivity contribution in [1.82, 2.24) is 4.57 Å². The quantitative estimate of drug-likeness (QED) is 0.833. The van der Waals surface area contributed by atoms with Gasteiger partial charge in [0.2, 0.25) is 5.43 Å². The van der Waals surface area contributed by atoms with Gasteiger partial charge < -0.3 is 25.0 Å². The highest BCUT2D eigenvalue weighted by molar-refractivity contribution is 5.97. The predicted molar refractivity (Wildman–Crippen MR) is 104 cm³/mol. The lowest BCUT2D eigenvalue weighted by atomic mass is 9.95. The molecule has 8 heteroatoms. The fourth-order valence-electron chi connectivity index (χ4n) is 4.31. The molecule has 1 aromatic heterocycles. The minimum Gasteiger partial charge on any atom is -0.492 e. The zero-order valence-corrected chi connectivity index (χ0v) is 15.9. The van der Waals surface area contributed by atoms with Crippen molar-refractivity contribution in [3.05, 3.63) is 33.9 Å². The van der Waals surface area contributed by atoms with E-state index >= 15 is 4.39 Å². The van der Waals surface area contributed by atoms with E-state index in [9.17, 15) is 14.7 Å². The first-order valence-corrected chi connectivity index (χ1v) is 9.51. The molecule has 1 aromatic carbocycles. The van der Waals surface area contributed by atoms with E-state index in [1.807, 2.05) is 4.90 Å². The third-order valence-electron chi connectivity index (χ3n) is 5.58. The molecule has 2 fully saturated rings. The first kappa shape index (κ1) is 18.7. The van der Waals surface area contributed by atoms with Crippen molar-refractivity contribution in [3.8, 4) is 5.75 Å². The van der Waals surface area contributed by atoms with Gasteiger partial charge in [-0.1, -0.05) is 6.92 Å². The Hall–Kier alpha value is -2.61. The van der Waals surface area contributed by atoms with E-state index in [0.717, 1.165) is 25.3 Å². The average Bonchev–Trinajstić information content (AvgIpc) is 3.45. The summed E-state index contributed by atoms with van der Waals surface area (Å²) >= 11 is 0. The van der Waals surface area contributed by atoms with Crippen LogP contribution in [0.5, 0.6) is 5.75 Å². The normalized spacial score (nSPS) is 22.5. The number of carboxylic acid groups (broad SMARTS) is 1. The van der Waals surface area contributed by atoms with Gasteiger partial charge in [-0.05, 0) is 31.2 Å². The van der Waals surface area contributed by atoms with Gasteiger partial charge in [0.15, 0.2) is 11.6 Å². The monoisotopic (exact) mass is 389 g/mol. The molecule has 0 amide bonds. The van der Waals surface area contributed by atoms with Gasteiger partial charge in [0.25, 0.3) is 0 Å². The molecule has 28 heavy (non-hydrogen) atoms. The van der Waals surface area contributed by atoms with Crippen molar-refractivity contribution in [2.45, 2.75) is 38.3 Å². The molecule has 2 heterocycles. The Balaban J connectivity index is 2.02. The Labute approximate surface area is 161 Å². The van der Waals surface area contributed by atoms with E-state index in [0.29, 0.717) is 24.5 Å². The molecule has 7 nitrogen and oxygen atoms in total. The smallest absolute Gasteiger partial charge is 0.341 e. The highest BCUT2D eigenvalue weighted by Crippen LogP contribution is 2.44. The van der Waals surface area contributed by atoms with Crippen LogP contribution in [0.2, 0.25) is 0 Å². The van der Waals surface area contributed by atoms with Crippen LogP contribution >= 0.6 is 0 Å². The lowest BCUT2D eigenvalue weighted by Gasteiger charge is -2.37. The molecule has 4 rings (SSSR count). The largest absolute Gasteiger partial charge is 0.492 e. The first-order chi connectivity index (χ1) is 13.3. The highest BCUT2D eigenvalue weighted by Gasteiger charge is 2.33. The number of hydrogen-bond donors (Lipinski definition) is 2. The van der Waals surface area contributed by atoms with Gasteiger partial charge in [0.1, 0.15) is 11.3 Å². The number of piperidine rings is 1. The number of rotatable bonds is 4. The molecule has 2 atom stereocenters. The molecule has 0 spiro atoms. The molecular formula is C20H24FN3O4. The lowest BCUT2D eigenvalue weighted by molar-refractivity contribution is 0.0695. The second-order valence-corrected chi connectivity index (χ2v) is 7.96. The van der Waals surface area contributed by atoms with Crippen molar-refractivity contribution in [2.24, 2.45) is 11.7 Å². The second kappa shape index (κ2) is 6.77. The Morgan fingerprint density at radius 2 is 2.07 bits per heavy atom. The Morgan fingerprint density at radius 3 is 2.64 bits per heavy atom. The number of carbonyl (C=O) groups is 1. The number of methoxy groups -OCH3 is 1. The number of hydrogen-bond acceptors (Lipinski definition) is 5. The molecule has 0 unspecified atom stereocenters. The second-order valence-electron chi connectivity index (χ2n) is 7.96. The highest BCUT2D eigenvalue weighted by atomic mass is 19.1. The van der Waals surface area contributed by atoms with Crippen molar-refractivity contribution in [3.63, 3.8) is 0 Å². The average molecular weight is 389 g/mol. The number of pyridine rings is 1. The van der Waals surface area contributed by atoms with E-state index in [2.05, 4.69) is 6.92 Å². The van der Waals surface area contributed by atoms with Crippen LogP contribution in [-0.4, -0.2) is 41.9 Å². The molecule has 3 N–H and O–H groups in total. The van der Waals surface area contributed by atoms with Crippen LogP contribution in [-0.2, 0) is 0 Å². The molecule has 150 valence electrons. The molecule has 1 aliphatic heterocycles. The van der Waals surface area contributed by atoms with Gasteiger partial charge in [-0.3, -0.25) is 4.79 Å². The number of nitrogens with two attached hydrogens (primary N) is 1. The number of anilines is 1. The standard InChI is InChI=1S/C20H24FN3O4/c1-10-5-11(22)8-23(7-10)17-15(21)6-13-16(19(17)28-2)24(12-3-4-12)9-14(18(13)25)20(26)27/h6,9-12H,3-5,7-8,22H2,1-2H3,(H,26,27)/t10-,11+/m1/s1. The van der Waals surface area contributed by atoms with Gasteiger partial charge in [-0.15, -0.1) is 0 Å². The maximum Gasteiger partial charge on any atom is 0.341 e. The molecule has 0 bridgehead atoms. The van der Waals surface area contributed by atoms with E-state index in [1.165, 1.54) is 13.3 Å². The van der Waals surface area contributed by atoms with Crippen LogP contribution in [0.1, 0.15) is 42.6 Å². The van der Waals surface area contributed by atoms with Crippen LogP contribution in [0.25, 0.3) is 10.9 Å². The minimum atomic E-state index is -1.32. The third-order valence-corrected chi connectivity index (χ3v) is 5.58. The fourth-order valence-corrected chi connectivity index (χ4v) is 4.31. The number of aromatic carboxylic acids is 1. The maximum atomic E-state index is 15.2. The van der Waals surface area contributed by atoms with Crippen molar-refractivity contribution in [1.29, 1.82) is 0 Å². The van der Waals surface area contributed by atoms with Gasteiger partial charge in [0, 0.05) is 31.4 Å². The van der Waals surface area contributed by atoms with Crippen LogP contribution < -0.4 is 20.8 Å². The SMILES string of the molecule is COc1c(N2C[C@H](C)C[C@H](N)C2)c(F)cc2c(=O)c(C(=O)O)cn(C3CC3)c12.